The molecule has 0 aliphatic rings. The van der Waals surface area contributed by atoms with E-state index in [0.717, 1.165) is 11.1 Å². The fraction of sp³-hybridized carbons (Fsp3) is 0.471. The van der Waals surface area contributed by atoms with Crippen LogP contribution < -0.4 is 0 Å². The molecule has 0 atom stereocenters. The van der Waals surface area contributed by atoms with Gasteiger partial charge in [0.1, 0.15) is 0 Å². The molecule has 0 unspecified atom stereocenters. The molecule has 3 aromatic carbocycles. The Morgan fingerprint density at radius 1 is 0.542 bits per heavy atom. The molecule has 3 nitrogen and oxygen atoms in total. The van der Waals surface area contributed by atoms with E-state index >= 15 is 8.78 Å². The Kier molecular flexibility index (Phi) is 11.8. The summed E-state index contributed by atoms with van der Waals surface area (Å²) in [7, 11) is -11.5. The number of hydrogen-bond acceptors (Lipinski definition) is 3. The highest BCUT2D eigenvalue weighted by Crippen LogP contribution is 2.74. The molecule has 48 heavy (non-hydrogen) atoms. The Hall–Kier alpha value is -2.71. The van der Waals surface area contributed by atoms with Crippen molar-refractivity contribution >= 4 is 20.4 Å². The maximum Gasteiger partial charge on any atom is 0.460 e. The summed E-state index contributed by atoms with van der Waals surface area (Å²) in [6.45, 7) is 10.5. The molecule has 0 amide bonds. The fourth-order valence-corrected chi connectivity index (χ4v) is 11.8. The van der Waals surface area contributed by atoms with E-state index < -0.39 is 43.7 Å². The topological polar surface area (TPSA) is 43.4 Å². The molecule has 0 aromatic heterocycles. The summed E-state index contributed by atoms with van der Waals surface area (Å²) in [5.41, 5.74) is 3.23. The monoisotopic (exact) mass is 730 g/mol. The minimum absolute atomic E-state index is 0.0578. The SMILES string of the molecule is CCc1cc(CC)c(S(OS(=O)(=O)C(F)(F)C(F)(F)C(F)(F)C(F)(F)F)(c2ccccc2)c2c(CC)cc(CC)cc2CC)c(CC)c1. The number of hydrogen-bond donors (Lipinski definition) is 0. The molecular formula is C34H39F9O3S2. The van der Waals surface area contributed by atoms with E-state index in [2.05, 4.69) is 0 Å². The lowest BCUT2D eigenvalue weighted by molar-refractivity contribution is -0.382. The molecule has 0 N–H and O–H groups in total. The predicted octanol–water partition coefficient (Wildman–Crippen LogP) is 11.0. The summed E-state index contributed by atoms with van der Waals surface area (Å²) >= 11 is 0. The number of halogens is 9. The molecule has 0 saturated heterocycles. The van der Waals surface area contributed by atoms with E-state index in [1.807, 2.05) is 13.8 Å². The molecule has 0 heterocycles. The zero-order chi connectivity index (χ0) is 36.5. The van der Waals surface area contributed by atoms with Crippen molar-refractivity contribution < 1.29 is 51.6 Å². The molecule has 0 fully saturated rings. The Morgan fingerprint density at radius 3 is 1.19 bits per heavy atom. The quantitative estimate of drug-likeness (QED) is 0.155. The van der Waals surface area contributed by atoms with E-state index in [0.29, 0.717) is 35.1 Å². The van der Waals surface area contributed by atoms with Crippen LogP contribution in [0.25, 0.3) is 0 Å². The zero-order valence-corrected chi connectivity index (χ0v) is 29.0. The predicted molar refractivity (Wildman–Crippen MR) is 169 cm³/mol. The lowest BCUT2D eigenvalue weighted by Crippen LogP contribution is -2.63. The van der Waals surface area contributed by atoms with Gasteiger partial charge in [-0.15, -0.1) is 0 Å². The van der Waals surface area contributed by atoms with Crippen LogP contribution in [0, 0.1) is 0 Å². The molecule has 3 aromatic rings. The van der Waals surface area contributed by atoms with Crippen LogP contribution in [0.2, 0.25) is 0 Å². The van der Waals surface area contributed by atoms with Crippen molar-refractivity contribution in [2.45, 2.75) is 118 Å². The molecule has 0 spiro atoms. The molecule has 14 heteroatoms. The van der Waals surface area contributed by atoms with Gasteiger partial charge >= 0.3 is 33.4 Å². The molecule has 0 radical (unpaired) electrons. The van der Waals surface area contributed by atoms with Crippen molar-refractivity contribution in [2.75, 3.05) is 0 Å². The minimum Gasteiger partial charge on any atom is -0.202 e. The second kappa shape index (κ2) is 14.3. The first kappa shape index (κ1) is 39.7. The Balaban J connectivity index is 2.72. The van der Waals surface area contributed by atoms with E-state index in [9.17, 15) is 39.2 Å². The number of benzene rings is 3. The number of alkyl halides is 9. The van der Waals surface area contributed by atoms with E-state index in [1.54, 1.807) is 52.0 Å². The van der Waals surface area contributed by atoms with Gasteiger partial charge < -0.3 is 0 Å². The average molecular weight is 731 g/mol. The van der Waals surface area contributed by atoms with Crippen molar-refractivity contribution in [1.29, 1.82) is 0 Å². The van der Waals surface area contributed by atoms with Crippen LogP contribution >= 0.6 is 10.3 Å². The first-order chi connectivity index (χ1) is 22.2. The van der Waals surface area contributed by atoms with Gasteiger partial charge in [-0.3, -0.25) is 0 Å². The van der Waals surface area contributed by atoms with Crippen LogP contribution in [0.1, 0.15) is 74.9 Å². The van der Waals surface area contributed by atoms with Gasteiger partial charge in [0.2, 0.25) is 0 Å². The van der Waals surface area contributed by atoms with Crippen molar-refractivity contribution in [3.8, 4) is 0 Å². The second-order valence-corrected chi connectivity index (χ2v) is 15.5. The largest absolute Gasteiger partial charge is 0.460 e. The maximum atomic E-state index is 15.6. The average Bonchev–Trinajstić information content (AvgIpc) is 3.05. The van der Waals surface area contributed by atoms with Crippen LogP contribution in [0.3, 0.4) is 0 Å². The third-order valence-corrected chi connectivity index (χ3v) is 13.8. The summed E-state index contributed by atoms with van der Waals surface area (Å²) in [5, 5.41) is -7.05. The van der Waals surface area contributed by atoms with Gasteiger partial charge in [0.05, 0.1) is 0 Å². The number of aryl methyl sites for hydroxylation is 6. The van der Waals surface area contributed by atoms with Gasteiger partial charge in [0.15, 0.2) is 0 Å². The van der Waals surface area contributed by atoms with Gasteiger partial charge in [-0.05, 0) is 94.3 Å². The first-order valence-corrected chi connectivity index (χ1v) is 18.5. The third kappa shape index (κ3) is 6.48. The van der Waals surface area contributed by atoms with E-state index in [1.165, 1.54) is 30.3 Å². The van der Waals surface area contributed by atoms with Gasteiger partial charge in [-0.25, -0.2) is 3.63 Å². The fourth-order valence-electron chi connectivity index (χ4n) is 5.60. The van der Waals surface area contributed by atoms with Crippen LogP contribution in [0.15, 0.2) is 69.3 Å². The summed E-state index contributed by atoms with van der Waals surface area (Å²) in [4.78, 5) is 0.0993. The normalized spacial score (nSPS) is 14.0. The molecule has 0 aliphatic heterocycles. The van der Waals surface area contributed by atoms with Crippen LogP contribution in [0.4, 0.5) is 39.5 Å². The Morgan fingerprint density at radius 2 is 0.896 bits per heavy atom. The molecule has 3 rings (SSSR count). The highest BCUT2D eigenvalue weighted by molar-refractivity contribution is 8.33. The Bertz CT molecular complexity index is 1590. The summed E-state index contributed by atoms with van der Waals surface area (Å²) in [6, 6.07) is 13.9. The zero-order valence-electron chi connectivity index (χ0n) is 27.4. The summed E-state index contributed by atoms with van der Waals surface area (Å²) in [5.74, 6) is -14.9. The van der Waals surface area contributed by atoms with Crippen molar-refractivity contribution in [2.24, 2.45) is 0 Å². The lowest BCUT2D eigenvalue weighted by Gasteiger charge is -2.45. The van der Waals surface area contributed by atoms with Crippen molar-refractivity contribution in [3.63, 3.8) is 0 Å². The van der Waals surface area contributed by atoms with E-state index in [4.69, 9.17) is 3.63 Å². The van der Waals surface area contributed by atoms with Crippen molar-refractivity contribution in [3.05, 3.63) is 88.0 Å². The standard InChI is InChI=1S/C34H39F9O3S2/c1-7-22-18-24(9-3)29(25(10-4)19-22)47(28-16-14-13-15-17-28,30-26(11-5)20-23(8-2)21-27(30)12-6)46-48(44,45)34(42,43)32(37,38)31(35,36)33(39,40)41/h13-21H,7-12H2,1-6H3. The van der Waals surface area contributed by atoms with Gasteiger partial charge in [0, 0.05) is 14.7 Å². The summed E-state index contributed by atoms with van der Waals surface area (Å²) < 4.78 is 161. The van der Waals surface area contributed by atoms with Crippen molar-refractivity contribution in [1.82, 2.24) is 0 Å². The minimum atomic E-state index is -7.46. The van der Waals surface area contributed by atoms with Crippen LogP contribution in [-0.2, 0) is 52.3 Å². The smallest absolute Gasteiger partial charge is 0.202 e. The molecule has 268 valence electrons. The molecule has 0 saturated carbocycles. The second-order valence-electron chi connectivity index (χ2n) is 11.2. The number of rotatable bonds is 14. The maximum absolute atomic E-state index is 15.6. The highest BCUT2D eigenvalue weighted by atomic mass is 32.3. The Labute approximate surface area is 277 Å². The first-order valence-electron chi connectivity index (χ1n) is 15.5. The van der Waals surface area contributed by atoms with Gasteiger partial charge in [-0.1, -0.05) is 84.0 Å². The molecular weight excluding hydrogens is 691 g/mol. The lowest BCUT2D eigenvalue weighted by atomic mass is 10.0. The van der Waals surface area contributed by atoms with E-state index in [-0.39, 0.29) is 40.4 Å². The third-order valence-electron chi connectivity index (χ3n) is 8.22. The molecule has 0 bridgehead atoms. The summed E-state index contributed by atoms with van der Waals surface area (Å²) in [6.07, 6.45) is -5.50. The van der Waals surface area contributed by atoms with Crippen LogP contribution in [0.5, 0.6) is 0 Å². The van der Waals surface area contributed by atoms with Gasteiger partial charge in [0.25, 0.3) is 0 Å². The van der Waals surface area contributed by atoms with Gasteiger partial charge in [-0.2, -0.15) is 47.9 Å². The molecule has 0 aliphatic carbocycles. The van der Waals surface area contributed by atoms with Crippen LogP contribution in [-0.4, -0.2) is 31.7 Å². The highest BCUT2D eigenvalue weighted by Gasteiger charge is 2.86.